The van der Waals surface area contributed by atoms with Gasteiger partial charge in [-0.15, -0.1) is 5.10 Å². The quantitative estimate of drug-likeness (QED) is 0.293. The van der Waals surface area contributed by atoms with Crippen LogP contribution in [0.5, 0.6) is 5.75 Å². The molecule has 9 heteroatoms. The highest BCUT2D eigenvalue weighted by molar-refractivity contribution is 5.77. The molecule has 9 nitrogen and oxygen atoms in total. The number of nitrogens with one attached hydrogen (secondary N) is 2. The third kappa shape index (κ3) is 4.18. The van der Waals surface area contributed by atoms with E-state index in [4.69, 9.17) is 15.6 Å². The van der Waals surface area contributed by atoms with Gasteiger partial charge in [-0.2, -0.15) is 15.4 Å². The van der Waals surface area contributed by atoms with E-state index in [9.17, 15) is 0 Å². The molecule has 1 unspecified atom stereocenters. The van der Waals surface area contributed by atoms with Crippen LogP contribution in [0.1, 0.15) is 66.7 Å². The van der Waals surface area contributed by atoms with Gasteiger partial charge in [0.1, 0.15) is 23.2 Å². The van der Waals surface area contributed by atoms with Crippen LogP contribution in [-0.4, -0.2) is 48.4 Å². The summed E-state index contributed by atoms with van der Waals surface area (Å²) in [6.07, 6.45) is 10.6. The van der Waals surface area contributed by atoms with Crippen LogP contribution in [0.25, 0.3) is 11.2 Å². The Hall–Kier alpha value is -4.24. The minimum Gasteiger partial charge on any atom is -0.489 e. The van der Waals surface area contributed by atoms with E-state index in [-0.39, 0.29) is 23.0 Å². The van der Waals surface area contributed by atoms with E-state index in [0.717, 1.165) is 73.0 Å². The van der Waals surface area contributed by atoms with Crippen molar-refractivity contribution in [3.63, 3.8) is 0 Å². The van der Waals surface area contributed by atoms with Crippen LogP contribution < -0.4 is 15.8 Å². The smallest absolute Gasteiger partial charge is 0.203 e. The Labute approximate surface area is 238 Å². The number of anilines is 1. The third-order valence-electron chi connectivity index (χ3n) is 9.87. The lowest BCUT2D eigenvalue weighted by Gasteiger charge is -2.58. The van der Waals surface area contributed by atoms with Gasteiger partial charge < -0.3 is 15.8 Å². The summed E-state index contributed by atoms with van der Waals surface area (Å²) in [4.78, 5) is 4.38. The van der Waals surface area contributed by atoms with Crippen LogP contribution in [0.15, 0.2) is 73.1 Å². The molecule has 1 spiro atoms. The largest absolute Gasteiger partial charge is 0.489 e. The Morgan fingerprint density at radius 2 is 1.85 bits per heavy atom. The lowest BCUT2D eigenvalue weighted by atomic mass is 9.53. The molecule has 0 saturated heterocycles. The summed E-state index contributed by atoms with van der Waals surface area (Å²) in [5, 5.41) is 20.2. The van der Waals surface area contributed by atoms with Crippen molar-refractivity contribution in [3.05, 3.63) is 95.3 Å². The molecule has 2 atom stereocenters. The summed E-state index contributed by atoms with van der Waals surface area (Å²) in [5.74, 6) is 1.43. The summed E-state index contributed by atoms with van der Waals surface area (Å²) in [6.45, 7) is 1.52. The molecule has 4 aliphatic rings. The molecule has 4 N–H and O–H groups in total. The number of H-pyrrole nitrogens is 1. The highest BCUT2D eigenvalue weighted by atomic mass is 16.5. The third-order valence-corrected chi connectivity index (χ3v) is 9.87. The van der Waals surface area contributed by atoms with E-state index in [0.29, 0.717) is 18.0 Å². The normalized spacial score (nSPS) is 27.6. The van der Waals surface area contributed by atoms with Gasteiger partial charge in [0.2, 0.25) is 5.65 Å². The molecule has 9 rings (SSSR count). The first-order valence-corrected chi connectivity index (χ1v) is 14.6. The molecule has 1 aliphatic heterocycles. The van der Waals surface area contributed by atoms with Gasteiger partial charge >= 0.3 is 0 Å². The Morgan fingerprint density at radius 1 is 0.976 bits per heavy atom. The van der Waals surface area contributed by atoms with E-state index < -0.39 is 0 Å². The first-order chi connectivity index (χ1) is 20.1. The summed E-state index contributed by atoms with van der Waals surface area (Å²) in [7, 11) is 0. The number of pyridine rings is 1. The molecule has 41 heavy (non-hydrogen) atoms. The molecule has 0 radical (unpaired) electrons. The zero-order valence-corrected chi connectivity index (χ0v) is 23.0. The average molecular weight is 547 g/mol. The van der Waals surface area contributed by atoms with Gasteiger partial charge in [0.15, 0.2) is 0 Å². The summed E-state index contributed by atoms with van der Waals surface area (Å²) in [6, 6.07) is 21.5. The van der Waals surface area contributed by atoms with Gasteiger partial charge in [-0.25, -0.2) is 4.98 Å². The van der Waals surface area contributed by atoms with Gasteiger partial charge in [0, 0.05) is 29.5 Å². The van der Waals surface area contributed by atoms with E-state index in [1.165, 1.54) is 5.56 Å². The lowest BCUT2D eigenvalue weighted by molar-refractivity contribution is -0.0353. The molecule has 2 aromatic carbocycles. The maximum absolute atomic E-state index is 6.96. The van der Waals surface area contributed by atoms with Crippen LogP contribution in [0.3, 0.4) is 0 Å². The van der Waals surface area contributed by atoms with Gasteiger partial charge in [-0.3, -0.25) is 4.68 Å². The molecule has 0 amide bonds. The number of hydrogen-bond donors (Lipinski definition) is 3. The maximum Gasteiger partial charge on any atom is 0.203 e. The molecule has 5 aromatic rings. The highest BCUT2D eigenvalue weighted by Crippen LogP contribution is 2.55. The molecule has 7 bridgehead atoms. The second-order valence-corrected chi connectivity index (χ2v) is 12.1. The fraction of sp³-hybridized carbons (Fsp3) is 0.375. The van der Waals surface area contributed by atoms with Crippen LogP contribution >= 0.6 is 0 Å². The maximum atomic E-state index is 6.96. The SMILES string of the molecule is Nc1cc(C2CCNC34CCC(c5ccccc5)(CC3)[C@@H](C4)Oc3cccc(c3)Cn3cc2cn3)c2n[nH]nc2n1. The highest BCUT2D eigenvalue weighted by Gasteiger charge is 2.56. The second kappa shape index (κ2) is 9.41. The number of aromatic nitrogens is 6. The van der Waals surface area contributed by atoms with Crippen molar-refractivity contribution >= 4 is 17.0 Å². The van der Waals surface area contributed by atoms with Crippen molar-refractivity contribution in [2.45, 2.75) is 68.0 Å². The number of hydrogen-bond acceptors (Lipinski definition) is 7. The molecule has 3 saturated carbocycles. The van der Waals surface area contributed by atoms with Crippen molar-refractivity contribution in [2.75, 3.05) is 12.3 Å². The molecule has 208 valence electrons. The predicted molar refractivity (Wildman–Crippen MR) is 157 cm³/mol. The Balaban J connectivity index is 1.20. The van der Waals surface area contributed by atoms with Gasteiger partial charge in [0.25, 0.3) is 0 Å². The number of rotatable bonds is 2. The standard InChI is InChI=1S/C32H34N8O/c33-28-16-26(29-30(36-28)38-39-37-29)25-9-14-34-31-10-12-32(13-11-31,23-6-2-1-3-7-23)27(17-31)41-24-8-4-5-21(15-24)19-40-20-22(25)18-35-40/h1-8,15-16,18,20,25,27,34H,9-14,17,19H2,(H3,33,36,37,38,39)/t25?,27-,31?,32?/m1/s1. The Morgan fingerprint density at radius 3 is 2.73 bits per heavy atom. The molecular formula is C32H34N8O. The summed E-state index contributed by atoms with van der Waals surface area (Å²) < 4.78 is 8.96. The fourth-order valence-electron chi connectivity index (χ4n) is 7.74. The molecular weight excluding hydrogens is 512 g/mol. The first kappa shape index (κ1) is 24.5. The predicted octanol–water partition coefficient (Wildman–Crippen LogP) is 4.71. The lowest BCUT2D eigenvalue weighted by Crippen LogP contribution is -2.64. The fourth-order valence-corrected chi connectivity index (χ4v) is 7.74. The molecule has 4 heterocycles. The number of nitrogens with two attached hydrogens (primary N) is 1. The second-order valence-electron chi connectivity index (χ2n) is 12.1. The number of fused-ring (bicyclic) bond motifs is 7. The van der Waals surface area contributed by atoms with Crippen LogP contribution in [0.2, 0.25) is 0 Å². The zero-order chi connectivity index (χ0) is 27.4. The Kier molecular flexibility index (Phi) is 5.63. The number of nitrogens with zero attached hydrogens (tertiary/aromatic N) is 5. The van der Waals surface area contributed by atoms with Crippen molar-refractivity contribution in [1.29, 1.82) is 0 Å². The monoisotopic (exact) mass is 546 g/mol. The van der Waals surface area contributed by atoms with Crippen molar-refractivity contribution in [2.24, 2.45) is 0 Å². The molecule has 3 aliphatic carbocycles. The van der Waals surface area contributed by atoms with E-state index >= 15 is 0 Å². The number of aromatic amines is 1. The van der Waals surface area contributed by atoms with Crippen LogP contribution in [0.4, 0.5) is 5.82 Å². The van der Waals surface area contributed by atoms with Crippen LogP contribution in [0, 0.1) is 0 Å². The van der Waals surface area contributed by atoms with E-state index in [2.05, 4.69) is 86.5 Å². The van der Waals surface area contributed by atoms with E-state index in [1.54, 1.807) is 0 Å². The summed E-state index contributed by atoms with van der Waals surface area (Å²) in [5.41, 5.74) is 12.4. The molecule has 3 aromatic heterocycles. The van der Waals surface area contributed by atoms with E-state index in [1.807, 2.05) is 16.9 Å². The number of benzene rings is 2. The first-order valence-electron chi connectivity index (χ1n) is 14.6. The van der Waals surface area contributed by atoms with Gasteiger partial charge in [-0.1, -0.05) is 42.5 Å². The van der Waals surface area contributed by atoms with Gasteiger partial charge in [0.05, 0.1) is 12.7 Å². The number of ether oxygens (including phenoxy) is 1. The minimum absolute atomic E-state index is 0.0286. The number of nitrogen functional groups attached to an aromatic ring is 1. The average Bonchev–Trinajstić information content (AvgIpc) is 3.66. The van der Waals surface area contributed by atoms with Crippen molar-refractivity contribution in [3.8, 4) is 5.75 Å². The minimum atomic E-state index is 0.0286. The topological polar surface area (TPSA) is 120 Å². The zero-order valence-electron chi connectivity index (χ0n) is 23.0. The van der Waals surface area contributed by atoms with Crippen molar-refractivity contribution < 1.29 is 4.74 Å². The Bertz CT molecular complexity index is 1700. The summed E-state index contributed by atoms with van der Waals surface area (Å²) >= 11 is 0. The van der Waals surface area contributed by atoms with Crippen molar-refractivity contribution in [1.82, 2.24) is 35.5 Å². The van der Waals surface area contributed by atoms with Crippen LogP contribution in [-0.2, 0) is 12.0 Å². The molecule has 3 fully saturated rings. The van der Waals surface area contributed by atoms with Gasteiger partial charge in [-0.05, 0) is 79.1 Å².